The van der Waals surface area contributed by atoms with Crippen LogP contribution in [0.25, 0.3) is 0 Å². The molecule has 1 aliphatic rings. The number of hydrogen-bond acceptors (Lipinski definition) is 3. The van der Waals surface area contributed by atoms with Crippen LogP contribution in [0.3, 0.4) is 0 Å². The lowest BCUT2D eigenvalue weighted by Crippen LogP contribution is -2.23. The van der Waals surface area contributed by atoms with Crippen LogP contribution >= 0.6 is 0 Å². The van der Waals surface area contributed by atoms with Gasteiger partial charge in [-0.05, 0) is 30.2 Å². The summed E-state index contributed by atoms with van der Waals surface area (Å²) in [5, 5.41) is 3.40. The van der Waals surface area contributed by atoms with Crippen molar-refractivity contribution in [2.75, 3.05) is 18.5 Å². The van der Waals surface area contributed by atoms with Gasteiger partial charge in [0, 0.05) is 6.07 Å². The maximum absolute atomic E-state index is 13.4. The summed E-state index contributed by atoms with van der Waals surface area (Å²) in [6.07, 6.45) is 0. The molecule has 0 saturated carbocycles. The zero-order chi connectivity index (χ0) is 14.7. The molecular weight excluding hydrogens is 269 g/mol. The Hall–Kier alpha value is -2.07. The van der Waals surface area contributed by atoms with Gasteiger partial charge in [-0.25, -0.2) is 4.39 Å². The van der Waals surface area contributed by atoms with Gasteiger partial charge in [0.05, 0.1) is 31.5 Å². The summed E-state index contributed by atoms with van der Waals surface area (Å²) in [6, 6.07) is 12.8. The van der Waals surface area contributed by atoms with E-state index in [1.807, 2.05) is 19.1 Å². The van der Waals surface area contributed by atoms with Gasteiger partial charge in [-0.3, -0.25) is 0 Å². The molecule has 0 aliphatic carbocycles. The lowest BCUT2D eigenvalue weighted by Gasteiger charge is -2.28. The first-order chi connectivity index (χ1) is 10.3. The smallest absolute Gasteiger partial charge is 0.145 e. The predicted molar refractivity (Wildman–Crippen MR) is 80.0 cm³/mol. The summed E-state index contributed by atoms with van der Waals surface area (Å²) >= 11 is 0. The van der Waals surface area contributed by atoms with E-state index < -0.39 is 0 Å². The van der Waals surface area contributed by atoms with E-state index in [-0.39, 0.29) is 11.9 Å². The molecule has 4 heteroatoms. The third kappa shape index (κ3) is 3.00. The highest BCUT2D eigenvalue weighted by Gasteiger charge is 2.21. The Labute approximate surface area is 123 Å². The van der Waals surface area contributed by atoms with Gasteiger partial charge < -0.3 is 14.8 Å². The molecule has 0 aromatic heterocycles. The van der Waals surface area contributed by atoms with Crippen LogP contribution in [0, 0.1) is 5.82 Å². The lowest BCUT2D eigenvalue weighted by atomic mass is 9.99. The van der Waals surface area contributed by atoms with Crippen LogP contribution in [-0.4, -0.2) is 13.2 Å². The molecule has 21 heavy (non-hydrogen) atoms. The van der Waals surface area contributed by atoms with Crippen LogP contribution in [0.15, 0.2) is 42.5 Å². The van der Waals surface area contributed by atoms with Gasteiger partial charge in [-0.2, -0.15) is 0 Å². The minimum atomic E-state index is -0.302. The van der Waals surface area contributed by atoms with Crippen molar-refractivity contribution < 1.29 is 13.9 Å². The summed E-state index contributed by atoms with van der Waals surface area (Å²) in [4.78, 5) is 0. The zero-order valence-electron chi connectivity index (χ0n) is 11.9. The van der Waals surface area contributed by atoms with Crippen molar-refractivity contribution in [3.63, 3.8) is 0 Å². The number of nitrogens with one attached hydrogen (secondary N) is 1. The van der Waals surface area contributed by atoms with Crippen molar-refractivity contribution in [1.29, 1.82) is 0 Å². The van der Waals surface area contributed by atoms with E-state index in [0.29, 0.717) is 25.6 Å². The molecule has 0 spiro atoms. The lowest BCUT2D eigenvalue weighted by molar-refractivity contribution is 0.0969. The Morgan fingerprint density at radius 3 is 3.00 bits per heavy atom. The van der Waals surface area contributed by atoms with E-state index in [1.165, 1.54) is 23.3 Å². The number of hydrogen-bond donors (Lipinski definition) is 1. The van der Waals surface area contributed by atoms with E-state index in [0.717, 1.165) is 5.69 Å². The van der Waals surface area contributed by atoms with Crippen LogP contribution in [0.5, 0.6) is 5.75 Å². The fraction of sp³-hybridized carbons (Fsp3) is 0.294. The molecule has 3 rings (SSSR count). The number of rotatable bonds is 4. The molecule has 1 N–H and O–H groups in total. The molecule has 0 saturated heterocycles. The molecule has 0 bridgehead atoms. The van der Waals surface area contributed by atoms with Crippen LogP contribution < -0.4 is 10.1 Å². The first kappa shape index (κ1) is 13.9. The number of anilines is 1. The second-order valence-electron chi connectivity index (χ2n) is 4.98. The molecule has 110 valence electrons. The number of benzene rings is 2. The Kier molecular flexibility index (Phi) is 4.06. The van der Waals surface area contributed by atoms with E-state index in [9.17, 15) is 4.39 Å². The highest BCUT2D eigenvalue weighted by molar-refractivity contribution is 5.58. The Morgan fingerprint density at radius 1 is 1.29 bits per heavy atom. The summed E-state index contributed by atoms with van der Waals surface area (Å²) < 4.78 is 24.5. The number of halogens is 1. The fourth-order valence-electron chi connectivity index (χ4n) is 2.58. The van der Waals surface area contributed by atoms with Crippen molar-refractivity contribution in [3.8, 4) is 5.75 Å². The van der Waals surface area contributed by atoms with Gasteiger partial charge in [-0.15, -0.1) is 0 Å². The Morgan fingerprint density at radius 2 is 2.14 bits per heavy atom. The van der Waals surface area contributed by atoms with Crippen molar-refractivity contribution >= 4 is 5.69 Å². The molecule has 1 unspecified atom stereocenters. The highest BCUT2D eigenvalue weighted by atomic mass is 19.1. The first-order valence-electron chi connectivity index (χ1n) is 7.12. The third-order valence-electron chi connectivity index (χ3n) is 3.55. The van der Waals surface area contributed by atoms with Crippen molar-refractivity contribution in [3.05, 3.63) is 59.4 Å². The first-order valence-corrected chi connectivity index (χ1v) is 7.12. The average molecular weight is 287 g/mol. The standard InChI is InChI=1S/C17H18FNO2/c1-2-21-17-9-13(18)7-8-15(17)19-16-11-20-10-12-5-3-4-6-14(12)16/h3-9,16,19H,2,10-11H2,1H3. The molecule has 1 heterocycles. The Bertz CT molecular complexity index is 630. The molecule has 0 radical (unpaired) electrons. The normalized spacial score (nSPS) is 17.1. The van der Waals surface area contributed by atoms with E-state index in [1.54, 1.807) is 6.07 Å². The third-order valence-corrected chi connectivity index (χ3v) is 3.55. The zero-order valence-corrected chi connectivity index (χ0v) is 11.9. The number of ether oxygens (including phenoxy) is 2. The van der Waals surface area contributed by atoms with Crippen molar-refractivity contribution in [2.24, 2.45) is 0 Å². The monoisotopic (exact) mass is 287 g/mol. The quantitative estimate of drug-likeness (QED) is 0.925. The topological polar surface area (TPSA) is 30.5 Å². The van der Waals surface area contributed by atoms with Gasteiger partial charge in [0.15, 0.2) is 0 Å². The van der Waals surface area contributed by atoms with Crippen LogP contribution in [0.2, 0.25) is 0 Å². The molecule has 1 atom stereocenters. The fourth-order valence-corrected chi connectivity index (χ4v) is 2.58. The van der Waals surface area contributed by atoms with Gasteiger partial charge in [0.25, 0.3) is 0 Å². The van der Waals surface area contributed by atoms with Crippen molar-refractivity contribution in [1.82, 2.24) is 0 Å². The molecular formula is C17H18FNO2. The van der Waals surface area contributed by atoms with E-state index in [4.69, 9.17) is 9.47 Å². The summed E-state index contributed by atoms with van der Waals surface area (Å²) in [6.45, 7) is 3.60. The average Bonchev–Trinajstić information content (AvgIpc) is 2.50. The molecule has 0 amide bonds. The predicted octanol–water partition coefficient (Wildman–Crippen LogP) is 3.91. The highest BCUT2D eigenvalue weighted by Crippen LogP contribution is 2.32. The van der Waals surface area contributed by atoms with Crippen LogP contribution in [0.1, 0.15) is 24.1 Å². The second-order valence-corrected chi connectivity index (χ2v) is 4.98. The minimum absolute atomic E-state index is 0.0413. The van der Waals surface area contributed by atoms with E-state index in [2.05, 4.69) is 17.4 Å². The van der Waals surface area contributed by atoms with Gasteiger partial charge >= 0.3 is 0 Å². The maximum atomic E-state index is 13.4. The maximum Gasteiger partial charge on any atom is 0.145 e. The SMILES string of the molecule is CCOc1cc(F)ccc1NC1COCc2ccccc21. The summed E-state index contributed by atoms with van der Waals surface area (Å²) in [5.41, 5.74) is 3.18. The van der Waals surface area contributed by atoms with Crippen molar-refractivity contribution in [2.45, 2.75) is 19.6 Å². The second kappa shape index (κ2) is 6.14. The van der Waals surface area contributed by atoms with Gasteiger partial charge in [-0.1, -0.05) is 24.3 Å². The molecule has 2 aromatic carbocycles. The Balaban J connectivity index is 1.88. The van der Waals surface area contributed by atoms with E-state index >= 15 is 0 Å². The minimum Gasteiger partial charge on any atom is -0.492 e. The van der Waals surface area contributed by atoms with Crippen LogP contribution in [-0.2, 0) is 11.3 Å². The summed E-state index contributed by atoms with van der Waals surface area (Å²) in [7, 11) is 0. The largest absolute Gasteiger partial charge is 0.492 e. The molecule has 1 aliphatic heterocycles. The number of fused-ring (bicyclic) bond motifs is 1. The van der Waals surface area contributed by atoms with Gasteiger partial charge in [0.2, 0.25) is 0 Å². The van der Waals surface area contributed by atoms with Crippen LogP contribution in [0.4, 0.5) is 10.1 Å². The molecule has 2 aromatic rings. The molecule has 0 fully saturated rings. The van der Waals surface area contributed by atoms with Gasteiger partial charge in [0.1, 0.15) is 11.6 Å². The molecule has 3 nitrogen and oxygen atoms in total. The summed E-state index contributed by atoms with van der Waals surface area (Å²) in [5.74, 6) is 0.227.